The van der Waals surface area contributed by atoms with Crippen LogP contribution in [0, 0.1) is 11.8 Å². The standard InChI is InChI=1S/C32H45N3O3/c1-2-3-4-5-6-7-8-9-10-11-12-19-24-31(37-26-28-20-15-13-16-21-28)32(30(25-36)34-35-33)38-27-29-22-17-14-18-23-29/h13-18,20-23,30-32,36H,2-12,25-27H2,1H3/t30-,31+,32-/m0/s1. The van der Waals surface area contributed by atoms with Crippen molar-refractivity contribution in [3.05, 3.63) is 82.2 Å². The lowest BCUT2D eigenvalue weighted by Crippen LogP contribution is -2.41. The summed E-state index contributed by atoms with van der Waals surface area (Å²) in [5, 5.41) is 13.8. The molecule has 0 aliphatic heterocycles. The fourth-order valence-corrected chi connectivity index (χ4v) is 4.29. The molecule has 2 aromatic rings. The van der Waals surface area contributed by atoms with Gasteiger partial charge in [0, 0.05) is 11.3 Å². The smallest absolute Gasteiger partial charge is 0.145 e. The number of nitrogens with zero attached hydrogens (tertiary/aromatic N) is 3. The van der Waals surface area contributed by atoms with Crippen molar-refractivity contribution in [2.45, 2.75) is 109 Å². The zero-order valence-electron chi connectivity index (χ0n) is 23.0. The lowest BCUT2D eigenvalue weighted by atomic mass is 10.0. The van der Waals surface area contributed by atoms with Gasteiger partial charge in [-0.25, -0.2) is 0 Å². The molecule has 0 fully saturated rings. The van der Waals surface area contributed by atoms with E-state index in [2.05, 4.69) is 28.8 Å². The van der Waals surface area contributed by atoms with Crippen LogP contribution in [0.2, 0.25) is 0 Å². The van der Waals surface area contributed by atoms with Crippen LogP contribution in [0.4, 0.5) is 0 Å². The highest BCUT2D eigenvalue weighted by Gasteiger charge is 2.30. The van der Waals surface area contributed by atoms with Crippen molar-refractivity contribution in [3.63, 3.8) is 0 Å². The van der Waals surface area contributed by atoms with E-state index in [-0.39, 0.29) is 6.61 Å². The maximum Gasteiger partial charge on any atom is 0.145 e. The van der Waals surface area contributed by atoms with Gasteiger partial charge in [-0.05, 0) is 23.1 Å². The minimum absolute atomic E-state index is 0.300. The number of unbranched alkanes of at least 4 members (excludes halogenated alkanes) is 10. The maximum absolute atomic E-state index is 9.98. The molecule has 0 unspecified atom stereocenters. The number of hydrogen-bond acceptors (Lipinski definition) is 4. The highest BCUT2D eigenvalue weighted by atomic mass is 16.5. The molecule has 0 aliphatic carbocycles. The fourth-order valence-electron chi connectivity index (χ4n) is 4.29. The van der Waals surface area contributed by atoms with Crippen molar-refractivity contribution >= 4 is 0 Å². The number of aliphatic hydroxyl groups is 1. The van der Waals surface area contributed by atoms with Gasteiger partial charge in [-0.3, -0.25) is 0 Å². The van der Waals surface area contributed by atoms with E-state index in [1.54, 1.807) is 0 Å². The van der Waals surface area contributed by atoms with E-state index in [1.807, 2.05) is 60.7 Å². The quantitative estimate of drug-likeness (QED) is 0.0629. The van der Waals surface area contributed by atoms with Gasteiger partial charge in [0.1, 0.15) is 12.2 Å². The summed E-state index contributed by atoms with van der Waals surface area (Å²) < 4.78 is 12.4. The Labute approximate surface area is 229 Å². The Morgan fingerprint density at radius 1 is 0.789 bits per heavy atom. The Balaban J connectivity index is 1.97. The van der Waals surface area contributed by atoms with Crippen LogP contribution in [0.1, 0.15) is 88.7 Å². The van der Waals surface area contributed by atoms with Crippen LogP contribution < -0.4 is 0 Å². The largest absolute Gasteiger partial charge is 0.396 e. The van der Waals surface area contributed by atoms with E-state index in [9.17, 15) is 5.11 Å². The first-order valence-electron chi connectivity index (χ1n) is 14.2. The van der Waals surface area contributed by atoms with Crippen molar-refractivity contribution < 1.29 is 14.6 Å². The zero-order chi connectivity index (χ0) is 27.1. The summed E-state index contributed by atoms with van der Waals surface area (Å²) in [6.45, 7) is 2.55. The van der Waals surface area contributed by atoms with Gasteiger partial charge in [0.15, 0.2) is 0 Å². The predicted octanol–water partition coefficient (Wildman–Crippen LogP) is 8.14. The summed E-state index contributed by atoms with van der Waals surface area (Å²) in [7, 11) is 0. The van der Waals surface area contributed by atoms with E-state index in [0.29, 0.717) is 13.2 Å². The van der Waals surface area contributed by atoms with Crippen molar-refractivity contribution in [2.24, 2.45) is 5.11 Å². The van der Waals surface area contributed by atoms with Crippen molar-refractivity contribution in [1.82, 2.24) is 0 Å². The second-order valence-electron chi connectivity index (χ2n) is 9.69. The topological polar surface area (TPSA) is 87.5 Å². The number of ether oxygens (including phenoxy) is 2. The fraction of sp³-hybridized carbons (Fsp3) is 0.562. The van der Waals surface area contributed by atoms with Gasteiger partial charge < -0.3 is 14.6 Å². The molecule has 1 N–H and O–H groups in total. The van der Waals surface area contributed by atoms with Crippen LogP contribution in [0.5, 0.6) is 0 Å². The summed E-state index contributed by atoms with van der Waals surface area (Å²) in [6, 6.07) is 18.8. The molecule has 0 saturated carbocycles. The lowest BCUT2D eigenvalue weighted by Gasteiger charge is -2.28. The molecule has 0 heterocycles. The summed E-state index contributed by atoms with van der Waals surface area (Å²) in [6.07, 6.45) is 12.2. The molecule has 6 heteroatoms. The lowest BCUT2D eigenvalue weighted by molar-refractivity contribution is -0.0770. The van der Waals surface area contributed by atoms with E-state index in [1.165, 1.54) is 57.8 Å². The summed E-state index contributed by atoms with van der Waals surface area (Å²) in [4.78, 5) is 2.93. The second kappa shape index (κ2) is 21.2. The van der Waals surface area contributed by atoms with Crippen LogP contribution in [-0.4, -0.2) is 30.0 Å². The molecule has 206 valence electrons. The molecule has 0 spiro atoms. The molecular formula is C32H45N3O3. The Kier molecular flexibility index (Phi) is 17.5. The molecular weight excluding hydrogens is 474 g/mol. The first kappa shape index (κ1) is 31.4. The summed E-state index contributed by atoms with van der Waals surface area (Å²) in [5.41, 5.74) is 11.1. The van der Waals surface area contributed by atoms with Crippen molar-refractivity contribution in [3.8, 4) is 11.8 Å². The Morgan fingerprint density at radius 2 is 1.32 bits per heavy atom. The number of rotatable bonds is 20. The molecule has 2 aromatic carbocycles. The minimum atomic E-state index is -0.809. The average molecular weight is 520 g/mol. The molecule has 0 aliphatic rings. The van der Waals surface area contributed by atoms with Gasteiger partial charge in [0.25, 0.3) is 0 Å². The third-order valence-corrected chi connectivity index (χ3v) is 6.52. The predicted molar refractivity (Wildman–Crippen MR) is 154 cm³/mol. The van der Waals surface area contributed by atoms with E-state index >= 15 is 0 Å². The van der Waals surface area contributed by atoms with Gasteiger partial charge in [-0.1, -0.05) is 136 Å². The Morgan fingerprint density at radius 3 is 1.84 bits per heavy atom. The van der Waals surface area contributed by atoms with E-state index < -0.39 is 18.2 Å². The molecule has 0 amide bonds. The molecule has 2 rings (SSSR count). The minimum Gasteiger partial charge on any atom is -0.396 e. The zero-order valence-corrected chi connectivity index (χ0v) is 23.0. The summed E-state index contributed by atoms with van der Waals surface area (Å²) >= 11 is 0. The van der Waals surface area contributed by atoms with E-state index in [0.717, 1.165) is 24.0 Å². The SMILES string of the molecule is CCCCCCCCCCCCC#C[C@@H](OCc1ccccc1)[C@@H](OCc1ccccc1)[C@H](CO)N=[N+]=[N-]. The van der Waals surface area contributed by atoms with Crippen LogP contribution in [-0.2, 0) is 22.7 Å². The van der Waals surface area contributed by atoms with Crippen molar-refractivity contribution in [1.29, 1.82) is 0 Å². The monoisotopic (exact) mass is 519 g/mol. The van der Waals surface area contributed by atoms with Gasteiger partial charge in [-0.2, -0.15) is 0 Å². The summed E-state index contributed by atoms with van der Waals surface area (Å²) in [5.74, 6) is 6.51. The highest BCUT2D eigenvalue weighted by Crippen LogP contribution is 2.18. The Hall–Kier alpha value is -2.81. The third-order valence-electron chi connectivity index (χ3n) is 6.52. The first-order chi connectivity index (χ1) is 18.8. The number of hydrogen-bond donors (Lipinski definition) is 1. The molecule has 0 radical (unpaired) electrons. The van der Waals surface area contributed by atoms with Crippen LogP contribution in [0.25, 0.3) is 10.4 Å². The van der Waals surface area contributed by atoms with Crippen LogP contribution in [0.3, 0.4) is 0 Å². The number of azide groups is 1. The van der Waals surface area contributed by atoms with Crippen molar-refractivity contribution in [2.75, 3.05) is 6.61 Å². The second-order valence-corrected chi connectivity index (χ2v) is 9.69. The molecule has 38 heavy (non-hydrogen) atoms. The highest BCUT2D eigenvalue weighted by molar-refractivity contribution is 5.16. The normalized spacial score (nSPS) is 13.1. The molecule has 0 aromatic heterocycles. The van der Waals surface area contributed by atoms with Gasteiger partial charge in [0.05, 0.1) is 25.9 Å². The van der Waals surface area contributed by atoms with Crippen LogP contribution >= 0.6 is 0 Å². The van der Waals surface area contributed by atoms with Gasteiger partial charge in [-0.15, -0.1) is 5.92 Å². The molecule has 0 saturated heterocycles. The average Bonchev–Trinajstić information content (AvgIpc) is 2.96. The molecule has 6 nitrogen and oxygen atoms in total. The first-order valence-corrected chi connectivity index (χ1v) is 14.2. The maximum atomic E-state index is 9.98. The van der Waals surface area contributed by atoms with E-state index in [4.69, 9.17) is 15.0 Å². The molecule has 0 bridgehead atoms. The van der Waals surface area contributed by atoms with Crippen LogP contribution in [0.15, 0.2) is 65.8 Å². The number of aliphatic hydroxyl groups excluding tert-OH is 1. The third kappa shape index (κ3) is 13.7. The van der Waals surface area contributed by atoms with Gasteiger partial charge >= 0.3 is 0 Å². The molecule has 3 atom stereocenters. The number of benzene rings is 2. The Bertz CT molecular complexity index is 952. The van der Waals surface area contributed by atoms with Gasteiger partial charge in [0.2, 0.25) is 0 Å².